The lowest BCUT2D eigenvalue weighted by atomic mass is 10.0. The molecule has 0 atom stereocenters. The number of hydrogen-bond acceptors (Lipinski definition) is 5. The molecule has 0 unspecified atom stereocenters. The van der Waals surface area contributed by atoms with Gasteiger partial charge in [0.25, 0.3) is 11.8 Å². The maximum atomic E-state index is 13.2. The van der Waals surface area contributed by atoms with Gasteiger partial charge in [-0.15, -0.1) is 0 Å². The molecule has 2 amide bonds. The maximum Gasteiger partial charge on any atom is 0.258 e. The maximum absolute atomic E-state index is 13.2. The van der Waals surface area contributed by atoms with Crippen LogP contribution in [0.2, 0.25) is 10.0 Å². The third-order valence-corrected chi connectivity index (χ3v) is 8.75. The molecule has 3 aliphatic rings. The van der Waals surface area contributed by atoms with Crippen LogP contribution in [0.15, 0.2) is 58.5 Å². The SMILES string of the molecule is CN1CCN(S(=O)(=O)c2cccc(C3=C4C(=O)NC(c5ccc(Cl)c(Cl)c5)=C4C(=O)N3)c2)CC1. The molecule has 34 heavy (non-hydrogen) atoms. The van der Waals surface area contributed by atoms with Crippen LogP contribution in [0.5, 0.6) is 0 Å². The Hall–Kier alpha value is -2.69. The molecular weight excluding hydrogens is 499 g/mol. The molecule has 3 aliphatic heterocycles. The van der Waals surface area contributed by atoms with Crippen LogP contribution in [-0.2, 0) is 19.6 Å². The summed E-state index contributed by atoms with van der Waals surface area (Å²) in [6, 6.07) is 11.1. The van der Waals surface area contributed by atoms with Gasteiger partial charge in [-0.3, -0.25) is 9.59 Å². The van der Waals surface area contributed by atoms with E-state index in [1.807, 2.05) is 7.05 Å². The Balaban J connectivity index is 1.56. The standard InChI is InChI=1S/C23H20Cl2N4O4S/c1-28-7-9-29(10-8-28)34(32,33)15-4-2-3-13(11-15)20-18-19(23(31)26-20)21(27-22(18)30)14-5-6-16(24)17(25)12-14/h2-6,11-12H,7-10H2,1H3,(H,26,31)(H,27,30). The minimum absolute atomic E-state index is 0.109. The number of likely N-dealkylation sites (N-methyl/N-ethyl adjacent to an activating group) is 1. The summed E-state index contributed by atoms with van der Waals surface area (Å²) >= 11 is 12.1. The van der Waals surface area contributed by atoms with Crippen LogP contribution < -0.4 is 10.6 Å². The summed E-state index contributed by atoms with van der Waals surface area (Å²) in [7, 11) is -1.77. The van der Waals surface area contributed by atoms with Crippen molar-refractivity contribution in [1.82, 2.24) is 19.8 Å². The van der Waals surface area contributed by atoms with E-state index < -0.39 is 21.8 Å². The molecule has 3 heterocycles. The molecule has 5 rings (SSSR count). The molecule has 0 aromatic heterocycles. The van der Waals surface area contributed by atoms with Crippen molar-refractivity contribution >= 4 is 56.4 Å². The second-order valence-electron chi connectivity index (χ2n) is 8.27. The van der Waals surface area contributed by atoms with Gasteiger partial charge in [-0.25, -0.2) is 8.42 Å². The third-order valence-electron chi connectivity index (χ3n) is 6.11. The second-order valence-corrected chi connectivity index (χ2v) is 11.0. The lowest BCUT2D eigenvalue weighted by Crippen LogP contribution is -2.47. The van der Waals surface area contributed by atoms with Gasteiger partial charge in [0.15, 0.2) is 0 Å². The van der Waals surface area contributed by atoms with Gasteiger partial charge in [-0.05, 0) is 31.3 Å². The molecule has 0 spiro atoms. The molecule has 1 saturated heterocycles. The van der Waals surface area contributed by atoms with Crippen molar-refractivity contribution in [3.63, 3.8) is 0 Å². The zero-order chi connectivity index (χ0) is 24.2. The number of carbonyl (C=O) groups excluding carboxylic acids is 2. The van der Waals surface area contributed by atoms with Crippen molar-refractivity contribution in [3.8, 4) is 0 Å². The molecule has 0 saturated carbocycles. The van der Waals surface area contributed by atoms with Crippen LogP contribution in [0.4, 0.5) is 0 Å². The van der Waals surface area contributed by atoms with Crippen LogP contribution in [0.25, 0.3) is 11.4 Å². The van der Waals surface area contributed by atoms with Gasteiger partial charge in [-0.2, -0.15) is 4.31 Å². The molecule has 0 aliphatic carbocycles. The predicted molar refractivity (Wildman–Crippen MR) is 129 cm³/mol. The van der Waals surface area contributed by atoms with Crippen LogP contribution in [-0.4, -0.2) is 62.7 Å². The first-order valence-corrected chi connectivity index (χ1v) is 12.7. The van der Waals surface area contributed by atoms with E-state index in [4.69, 9.17) is 23.2 Å². The summed E-state index contributed by atoms with van der Waals surface area (Å²) in [5, 5.41) is 6.12. The van der Waals surface area contributed by atoms with E-state index in [2.05, 4.69) is 15.5 Å². The van der Waals surface area contributed by atoms with Gasteiger partial charge in [0.1, 0.15) is 0 Å². The van der Waals surface area contributed by atoms with E-state index in [-0.39, 0.29) is 21.7 Å². The van der Waals surface area contributed by atoms with Gasteiger partial charge in [0.2, 0.25) is 10.0 Å². The number of hydrogen-bond donors (Lipinski definition) is 2. The molecule has 8 nitrogen and oxygen atoms in total. The number of rotatable bonds is 4. The fourth-order valence-corrected chi connectivity index (χ4v) is 6.02. The van der Waals surface area contributed by atoms with Crippen LogP contribution in [0, 0.1) is 0 Å². The van der Waals surface area contributed by atoms with Gasteiger partial charge in [0, 0.05) is 37.3 Å². The molecular formula is C23H20Cl2N4O4S. The van der Waals surface area contributed by atoms with Crippen LogP contribution in [0.3, 0.4) is 0 Å². The number of carbonyl (C=O) groups is 2. The molecule has 2 aromatic rings. The van der Waals surface area contributed by atoms with Crippen LogP contribution >= 0.6 is 23.2 Å². The number of nitrogens with zero attached hydrogens (tertiary/aromatic N) is 2. The smallest absolute Gasteiger partial charge is 0.258 e. The minimum Gasteiger partial charge on any atom is -0.321 e. The number of halogens is 2. The highest BCUT2D eigenvalue weighted by Gasteiger charge is 2.41. The van der Waals surface area contributed by atoms with Crippen molar-refractivity contribution in [2.45, 2.75) is 4.90 Å². The van der Waals surface area contributed by atoms with Crippen molar-refractivity contribution in [3.05, 3.63) is 74.8 Å². The van der Waals surface area contributed by atoms with Crippen LogP contribution in [0.1, 0.15) is 11.1 Å². The first-order valence-electron chi connectivity index (χ1n) is 10.5. The molecule has 2 aromatic carbocycles. The predicted octanol–water partition coefficient (Wildman–Crippen LogP) is 2.31. The first-order chi connectivity index (χ1) is 16.2. The summed E-state index contributed by atoms with van der Waals surface area (Å²) in [5.74, 6) is -0.923. The van der Waals surface area contributed by atoms with Gasteiger partial charge < -0.3 is 15.5 Å². The summed E-state index contributed by atoms with van der Waals surface area (Å²) in [6.45, 7) is 2.10. The van der Waals surface area contributed by atoms with Gasteiger partial charge >= 0.3 is 0 Å². The molecule has 0 radical (unpaired) electrons. The van der Waals surface area contributed by atoms with E-state index >= 15 is 0 Å². The second kappa shape index (κ2) is 8.51. The Kier molecular flexibility index (Phi) is 5.78. The quantitative estimate of drug-likeness (QED) is 0.646. The molecule has 0 bridgehead atoms. The Labute approximate surface area is 206 Å². The summed E-state index contributed by atoms with van der Waals surface area (Å²) in [4.78, 5) is 28.0. The van der Waals surface area contributed by atoms with Crippen molar-refractivity contribution in [1.29, 1.82) is 0 Å². The number of benzene rings is 2. The molecule has 11 heteroatoms. The fourth-order valence-electron chi connectivity index (χ4n) is 4.26. The monoisotopic (exact) mass is 518 g/mol. The number of piperazine rings is 1. The third kappa shape index (κ3) is 3.83. The fraction of sp³-hybridized carbons (Fsp3) is 0.217. The zero-order valence-electron chi connectivity index (χ0n) is 18.1. The van der Waals surface area contributed by atoms with E-state index in [9.17, 15) is 18.0 Å². The minimum atomic E-state index is -3.72. The lowest BCUT2D eigenvalue weighted by Gasteiger charge is -2.31. The van der Waals surface area contributed by atoms with E-state index in [1.165, 1.54) is 16.4 Å². The average Bonchev–Trinajstić information content (AvgIpc) is 3.34. The largest absolute Gasteiger partial charge is 0.321 e. The Morgan fingerprint density at radius 3 is 1.97 bits per heavy atom. The van der Waals surface area contributed by atoms with Crippen molar-refractivity contribution < 1.29 is 18.0 Å². The topological polar surface area (TPSA) is 98.8 Å². The van der Waals surface area contributed by atoms with Crippen molar-refractivity contribution in [2.24, 2.45) is 0 Å². The number of sulfonamides is 1. The van der Waals surface area contributed by atoms with Gasteiger partial charge in [0.05, 0.1) is 37.5 Å². The van der Waals surface area contributed by atoms with E-state index in [0.717, 1.165) is 0 Å². The van der Waals surface area contributed by atoms with Crippen molar-refractivity contribution in [2.75, 3.05) is 33.2 Å². The zero-order valence-corrected chi connectivity index (χ0v) is 20.4. The highest BCUT2D eigenvalue weighted by molar-refractivity contribution is 7.89. The highest BCUT2D eigenvalue weighted by atomic mass is 35.5. The number of amides is 2. The number of fused-ring (bicyclic) bond motifs is 1. The first kappa shape index (κ1) is 23.1. The summed E-state index contributed by atoms with van der Waals surface area (Å²) in [6.07, 6.45) is 0. The molecule has 1 fully saturated rings. The Bertz CT molecular complexity index is 1410. The number of nitrogens with one attached hydrogen (secondary N) is 2. The van der Waals surface area contributed by atoms with E-state index in [0.29, 0.717) is 53.0 Å². The average molecular weight is 519 g/mol. The lowest BCUT2D eigenvalue weighted by molar-refractivity contribution is -0.117. The normalized spacial score (nSPS) is 19.5. The summed E-state index contributed by atoms with van der Waals surface area (Å²) in [5.41, 5.74) is 1.91. The molecule has 2 N–H and O–H groups in total. The highest BCUT2D eigenvalue weighted by Crippen LogP contribution is 2.38. The van der Waals surface area contributed by atoms with Gasteiger partial charge in [-0.1, -0.05) is 41.4 Å². The summed E-state index contributed by atoms with van der Waals surface area (Å²) < 4.78 is 27.9. The molecule has 176 valence electrons. The Morgan fingerprint density at radius 2 is 1.38 bits per heavy atom. The van der Waals surface area contributed by atoms with E-state index in [1.54, 1.807) is 30.3 Å². The Morgan fingerprint density at radius 1 is 0.794 bits per heavy atom.